The van der Waals surface area contributed by atoms with Gasteiger partial charge in [0, 0.05) is 65.7 Å². The number of fused-ring (bicyclic) bond motifs is 2. The van der Waals surface area contributed by atoms with E-state index in [9.17, 15) is 9.90 Å². The fraction of sp³-hybridized carbons (Fsp3) is 0.378. The van der Waals surface area contributed by atoms with Gasteiger partial charge >= 0.3 is 0 Å². The number of aliphatic hydroxyl groups excluding tert-OH is 1. The van der Waals surface area contributed by atoms with Crippen LogP contribution < -0.4 is 0 Å². The summed E-state index contributed by atoms with van der Waals surface area (Å²) in [6.45, 7) is 13.8. The number of morpholine rings is 1. The monoisotopic (exact) mass is 646 g/mol. The SMILES string of the molecule is Cc1nc2nn(C)cc2cc1-n1nc(-c2cccc3nn(CC(O)c4ccc(C(=O)N5CC(C)OC(C)C5)cc4)cc23)c(C(C)C)c1C. The Morgan fingerprint density at radius 2 is 1.73 bits per heavy atom. The topological polar surface area (TPSA) is 116 Å². The molecule has 0 aliphatic carbocycles. The van der Waals surface area contributed by atoms with Gasteiger partial charge in [-0.25, -0.2) is 9.67 Å². The van der Waals surface area contributed by atoms with E-state index in [-0.39, 0.29) is 30.6 Å². The number of aromatic nitrogens is 7. The van der Waals surface area contributed by atoms with Crippen LogP contribution in [0.15, 0.2) is 60.9 Å². The summed E-state index contributed by atoms with van der Waals surface area (Å²) in [6.07, 6.45) is 3.16. The summed E-state index contributed by atoms with van der Waals surface area (Å²) in [5, 5.41) is 27.6. The molecule has 2 aromatic carbocycles. The maximum Gasteiger partial charge on any atom is 0.254 e. The largest absolute Gasteiger partial charge is 0.386 e. The molecule has 11 heteroatoms. The molecule has 1 amide bonds. The second-order valence-electron chi connectivity index (χ2n) is 13.4. The van der Waals surface area contributed by atoms with E-state index >= 15 is 0 Å². The van der Waals surface area contributed by atoms with Crippen LogP contribution in [-0.4, -0.2) is 75.5 Å². The highest BCUT2D eigenvalue weighted by molar-refractivity contribution is 5.95. The van der Waals surface area contributed by atoms with E-state index in [2.05, 4.69) is 38.0 Å². The number of carbonyl (C=O) groups is 1. The average Bonchev–Trinajstić information content (AvgIpc) is 3.72. The van der Waals surface area contributed by atoms with Crippen molar-refractivity contribution in [3.05, 3.63) is 89.0 Å². The van der Waals surface area contributed by atoms with E-state index in [0.29, 0.717) is 24.3 Å². The Bertz CT molecular complexity index is 2130. The quantitative estimate of drug-likeness (QED) is 0.230. The maximum absolute atomic E-state index is 13.1. The third kappa shape index (κ3) is 5.77. The lowest BCUT2D eigenvalue weighted by Crippen LogP contribution is -2.48. The van der Waals surface area contributed by atoms with E-state index in [1.807, 2.05) is 74.1 Å². The lowest BCUT2D eigenvalue weighted by Gasteiger charge is -2.35. The van der Waals surface area contributed by atoms with Gasteiger partial charge in [-0.05, 0) is 63.4 Å². The summed E-state index contributed by atoms with van der Waals surface area (Å²) in [4.78, 5) is 19.7. The predicted molar refractivity (Wildman–Crippen MR) is 185 cm³/mol. The first-order valence-corrected chi connectivity index (χ1v) is 16.6. The van der Waals surface area contributed by atoms with Crippen LogP contribution in [0.25, 0.3) is 38.9 Å². The van der Waals surface area contributed by atoms with Crippen molar-refractivity contribution in [2.24, 2.45) is 7.05 Å². The predicted octanol–water partition coefficient (Wildman–Crippen LogP) is 5.89. The summed E-state index contributed by atoms with van der Waals surface area (Å²) in [7, 11) is 1.90. The molecule has 248 valence electrons. The highest BCUT2D eigenvalue weighted by atomic mass is 16.5. The summed E-state index contributed by atoms with van der Waals surface area (Å²) >= 11 is 0. The zero-order chi connectivity index (χ0) is 33.9. The van der Waals surface area contributed by atoms with E-state index in [4.69, 9.17) is 19.9 Å². The van der Waals surface area contributed by atoms with Crippen LogP contribution in [0.1, 0.15) is 72.6 Å². The number of carbonyl (C=O) groups excluding carboxylic acids is 1. The molecule has 1 saturated heterocycles. The molecule has 0 bridgehead atoms. The molecule has 6 aromatic rings. The van der Waals surface area contributed by atoms with Gasteiger partial charge in [-0.2, -0.15) is 15.3 Å². The van der Waals surface area contributed by atoms with Gasteiger partial charge in [-0.15, -0.1) is 0 Å². The fourth-order valence-corrected chi connectivity index (χ4v) is 7.05. The van der Waals surface area contributed by atoms with Crippen LogP contribution in [0.3, 0.4) is 0 Å². The lowest BCUT2D eigenvalue weighted by molar-refractivity contribution is -0.0586. The molecular weight excluding hydrogens is 604 g/mol. The van der Waals surface area contributed by atoms with Gasteiger partial charge in [0.15, 0.2) is 5.65 Å². The van der Waals surface area contributed by atoms with Crippen LogP contribution in [0.5, 0.6) is 0 Å². The third-order valence-electron chi connectivity index (χ3n) is 9.20. The Balaban J connectivity index is 1.17. The number of aryl methyl sites for hydroxylation is 2. The second kappa shape index (κ2) is 12.3. The summed E-state index contributed by atoms with van der Waals surface area (Å²) < 4.78 is 11.3. The van der Waals surface area contributed by atoms with Crippen molar-refractivity contribution in [3.63, 3.8) is 0 Å². The number of benzene rings is 2. The molecule has 1 aliphatic rings. The Kier molecular flexibility index (Phi) is 8.13. The highest BCUT2D eigenvalue weighted by Gasteiger charge is 2.27. The molecule has 3 atom stereocenters. The van der Waals surface area contributed by atoms with Crippen molar-refractivity contribution in [3.8, 4) is 16.9 Å². The van der Waals surface area contributed by atoms with E-state index in [1.54, 1.807) is 21.5 Å². The molecule has 1 fully saturated rings. The van der Waals surface area contributed by atoms with Crippen molar-refractivity contribution < 1.29 is 14.6 Å². The van der Waals surface area contributed by atoms with Gasteiger partial charge in [-0.3, -0.25) is 14.2 Å². The van der Waals surface area contributed by atoms with Gasteiger partial charge in [0.05, 0.1) is 47.4 Å². The number of aliphatic hydroxyl groups is 1. The number of hydrogen-bond acceptors (Lipinski definition) is 7. The fourth-order valence-electron chi connectivity index (χ4n) is 7.05. The molecule has 0 spiro atoms. The molecule has 5 heterocycles. The molecule has 0 saturated carbocycles. The van der Waals surface area contributed by atoms with E-state index in [0.717, 1.165) is 55.7 Å². The van der Waals surface area contributed by atoms with Crippen LogP contribution in [0, 0.1) is 13.8 Å². The summed E-state index contributed by atoms with van der Waals surface area (Å²) in [5.74, 6) is 0.201. The third-order valence-corrected chi connectivity index (χ3v) is 9.20. The first-order chi connectivity index (χ1) is 23.0. The standard InChI is InChI=1S/C37H42N8O3/c1-21(2)34-25(6)45(32-15-28-18-42(7)41-36(28)38-24(32)5)40-35(34)29-9-8-10-31-30(29)19-44(39-31)20-33(46)26-11-13-27(14-12-26)37(47)43-16-22(3)48-23(4)17-43/h8-15,18-19,21-23,33,46H,16-17,20H2,1-7H3. The van der Waals surface area contributed by atoms with Gasteiger partial charge in [0.25, 0.3) is 5.91 Å². The van der Waals surface area contributed by atoms with E-state index < -0.39 is 6.10 Å². The Morgan fingerprint density at radius 3 is 2.44 bits per heavy atom. The van der Waals surface area contributed by atoms with Gasteiger partial charge in [0.1, 0.15) is 0 Å². The summed E-state index contributed by atoms with van der Waals surface area (Å²) in [5.41, 5.74) is 8.77. The van der Waals surface area contributed by atoms with Crippen molar-refractivity contribution in [2.45, 2.75) is 72.3 Å². The molecule has 7 rings (SSSR count). The van der Waals surface area contributed by atoms with Crippen molar-refractivity contribution >= 4 is 27.8 Å². The number of amides is 1. The lowest BCUT2D eigenvalue weighted by atomic mass is 9.95. The first-order valence-electron chi connectivity index (χ1n) is 16.6. The van der Waals surface area contributed by atoms with Crippen LogP contribution >= 0.6 is 0 Å². The second-order valence-corrected chi connectivity index (χ2v) is 13.4. The minimum Gasteiger partial charge on any atom is -0.386 e. The van der Waals surface area contributed by atoms with Crippen LogP contribution in [-0.2, 0) is 18.3 Å². The van der Waals surface area contributed by atoms with Gasteiger partial charge in [-0.1, -0.05) is 38.1 Å². The molecule has 0 radical (unpaired) electrons. The molecule has 48 heavy (non-hydrogen) atoms. The minimum atomic E-state index is -0.805. The molecule has 11 nitrogen and oxygen atoms in total. The van der Waals surface area contributed by atoms with Crippen molar-refractivity contribution in [2.75, 3.05) is 13.1 Å². The summed E-state index contributed by atoms with van der Waals surface area (Å²) in [6, 6.07) is 15.4. The first kappa shape index (κ1) is 31.7. The molecule has 1 N–H and O–H groups in total. The van der Waals surface area contributed by atoms with Gasteiger partial charge in [0.2, 0.25) is 0 Å². The smallest absolute Gasteiger partial charge is 0.254 e. The number of pyridine rings is 1. The number of nitrogens with zero attached hydrogens (tertiary/aromatic N) is 8. The van der Waals surface area contributed by atoms with Crippen molar-refractivity contribution in [1.29, 1.82) is 0 Å². The molecule has 4 aromatic heterocycles. The Labute approximate surface area is 279 Å². The Morgan fingerprint density at radius 1 is 1.00 bits per heavy atom. The van der Waals surface area contributed by atoms with Crippen LogP contribution in [0.2, 0.25) is 0 Å². The van der Waals surface area contributed by atoms with Crippen molar-refractivity contribution in [1.82, 2.24) is 39.2 Å². The average molecular weight is 647 g/mol. The minimum absolute atomic E-state index is 0.00413. The normalized spacial score (nSPS) is 17.6. The Hall–Kier alpha value is -4.87. The molecular formula is C37H42N8O3. The van der Waals surface area contributed by atoms with Gasteiger partial charge < -0.3 is 14.7 Å². The zero-order valence-corrected chi connectivity index (χ0v) is 28.5. The maximum atomic E-state index is 13.1. The zero-order valence-electron chi connectivity index (χ0n) is 28.5. The number of hydrogen-bond donors (Lipinski definition) is 1. The highest BCUT2D eigenvalue weighted by Crippen LogP contribution is 2.37. The number of rotatable bonds is 7. The molecule has 3 unspecified atom stereocenters. The molecule has 1 aliphatic heterocycles. The number of ether oxygens (including phenoxy) is 1. The van der Waals surface area contributed by atoms with E-state index in [1.165, 1.54) is 0 Å². The van der Waals surface area contributed by atoms with Crippen LogP contribution in [0.4, 0.5) is 0 Å².